The second-order valence-electron chi connectivity index (χ2n) is 9.14. The van der Waals surface area contributed by atoms with Gasteiger partial charge in [-0.25, -0.2) is 4.79 Å². The molecule has 1 aromatic heterocycles. The largest absolute Gasteiger partial charge is 0.332 e. The van der Waals surface area contributed by atoms with Crippen LogP contribution in [0, 0.1) is 18.8 Å². The summed E-state index contributed by atoms with van der Waals surface area (Å²) in [5.74, 6) is 5.18. The van der Waals surface area contributed by atoms with Crippen molar-refractivity contribution in [2.75, 3.05) is 10.6 Å². The topological polar surface area (TPSA) is 102 Å². The summed E-state index contributed by atoms with van der Waals surface area (Å²) in [7, 11) is 1.31. The average molecular weight is 555 g/mol. The smallest absolute Gasteiger partial charge is 0.322 e. The van der Waals surface area contributed by atoms with E-state index in [9.17, 15) is 19.2 Å². The standard InChI is InChI=1S/C31H27ClN4O4/c1-21-13-15-22(16-14-21)17-18-26(37)34-27-28(32)36(31(40)35(2)30(27)39)19-7-9-23-8-6-12-25(20-23)33-29(38)24-10-4-3-5-11-24/h3-6,8,10-16,20H,17-19H2,1-2H3,(H,33,38)(H,34,37). The number of carbonyl (C=O) groups is 2. The minimum Gasteiger partial charge on any atom is -0.322 e. The normalized spacial score (nSPS) is 10.4. The number of halogens is 1. The summed E-state index contributed by atoms with van der Waals surface area (Å²) < 4.78 is 2.00. The van der Waals surface area contributed by atoms with Crippen LogP contribution in [-0.2, 0) is 24.8 Å². The molecule has 0 atom stereocenters. The number of aryl methyl sites for hydroxylation is 2. The maximum Gasteiger partial charge on any atom is 0.332 e. The molecule has 202 valence electrons. The van der Waals surface area contributed by atoms with E-state index < -0.39 is 17.2 Å². The van der Waals surface area contributed by atoms with Gasteiger partial charge in [0.1, 0.15) is 10.8 Å². The average Bonchev–Trinajstić information content (AvgIpc) is 2.96. The van der Waals surface area contributed by atoms with Crippen molar-refractivity contribution in [3.05, 3.63) is 127 Å². The fourth-order valence-electron chi connectivity index (χ4n) is 3.89. The minimum atomic E-state index is -0.704. The highest BCUT2D eigenvalue weighted by atomic mass is 35.5. The molecule has 0 saturated heterocycles. The van der Waals surface area contributed by atoms with E-state index in [0.29, 0.717) is 23.2 Å². The number of nitrogens with zero attached hydrogens (tertiary/aromatic N) is 2. The lowest BCUT2D eigenvalue weighted by Crippen LogP contribution is -2.40. The quantitative estimate of drug-likeness (QED) is 0.261. The van der Waals surface area contributed by atoms with Crippen LogP contribution < -0.4 is 21.9 Å². The van der Waals surface area contributed by atoms with E-state index in [1.807, 2.05) is 37.3 Å². The first kappa shape index (κ1) is 28.1. The molecular weight excluding hydrogens is 528 g/mol. The number of benzene rings is 3. The Bertz CT molecular complexity index is 1730. The zero-order valence-electron chi connectivity index (χ0n) is 22.0. The van der Waals surface area contributed by atoms with E-state index in [1.54, 1.807) is 48.5 Å². The summed E-state index contributed by atoms with van der Waals surface area (Å²) >= 11 is 6.41. The Kier molecular flexibility index (Phi) is 9.00. The van der Waals surface area contributed by atoms with Crippen LogP contribution in [0.1, 0.15) is 33.5 Å². The first-order valence-electron chi connectivity index (χ1n) is 12.5. The molecule has 0 aliphatic rings. The third-order valence-electron chi connectivity index (χ3n) is 6.13. The highest BCUT2D eigenvalue weighted by Gasteiger charge is 2.18. The van der Waals surface area contributed by atoms with Gasteiger partial charge in [0.15, 0.2) is 0 Å². The van der Waals surface area contributed by atoms with Crippen molar-refractivity contribution in [3.63, 3.8) is 0 Å². The van der Waals surface area contributed by atoms with E-state index in [2.05, 4.69) is 22.5 Å². The molecule has 0 radical (unpaired) electrons. The Morgan fingerprint density at radius 2 is 1.65 bits per heavy atom. The highest BCUT2D eigenvalue weighted by molar-refractivity contribution is 6.32. The van der Waals surface area contributed by atoms with Gasteiger partial charge in [0.25, 0.3) is 11.5 Å². The van der Waals surface area contributed by atoms with E-state index in [0.717, 1.165) is 20.3 Å². The molecule has 0 aliphatic heterocycles. The summed E-state index contributed by atoms with van der Waals surface area (Å²) in [4.78, 5) is 50.5. The number of anilines is 2. The Morgan fingerprint density at radius 1 is 0.925 bits per heavy atom. The van der Waals surface area contributed by atoms with E-state index >= 15 is 0 Å². The van der Waals surface area contributed by atoms with E-state index in [-0.39, 0.29) is 29.7 Å². The van der Waals surface area contributed by atoms with Crippen molar-refractivity contribution >= 4 is 34.8 Å². The van der Waals surface area contributed by atoms with Gasteiger partial charge in [0.2, 0.25) is 5.91 Å². The summed E-state index contributed by atoms with van der Waals surface area (Å²) in [5, 5.41) is 5.19. The minimum absolute atomic E-state index is 0.126. The molecule has 40 heavy (non-hydrogen) atoms. The lowest BCUT2D eigenvalue weighted by Gasteiger charge is -2.13. The van der Waals surface area contributed by atoms with Crippen molar-refractivity contribution in [2.45, 2.75) is 26.3 Å². The second-order valence-corrected chi connectivity index (χ2v) is 9.49. The molecule has 0 unspecified atom stereocenters. The number of amides is 2. The van der Waals surface area contributed by atoms with Crippen molar-refractivity contribution in [3.8, 4) is 11.8 Å². The number of aromatic nitrogens is 2. The number of rotatable bonds is 7. The highest BCUT2D eigenvalue weighted by Crippen LogP contribution is 2.17. The van der Waals surface area contributed by atoms with Gasteiger partial charge in [-0.2, -0.15) is 0 Å². The van der Waals surface area contributed by atoms with E-state index in [4.69, 9.17) is 11.6 Å². The molecule has 4 rings (SSSR count). The molecule has 0 aliphatic carbocycles. The molecule has 2 N–H and O–H groups in total. The van der Waals surface area contributed by atoms with Gasteiger partial charge in [-0.15, -0.1) is 0 Å². The summed E-state index contributed by atoms with van der Waals surface area (Å²) in [6, 6.07) is 23.6. The van der Waals surface area contributed by atoms with Crippen LogP contribution >= 0.6 is 11.6 Å². The SMILES string of the molecule is Cc1ccc(CCC(=O)Nc2c(Cl)n(CC#Cc3cccc(NC(=O)c4ccccc4)c3)c(=O)n(C)c2=O)cc1. The second kappa shape index (κ2) is 12.8. The summed E-state index contributed by atoms with van der Waals surface area (Å²) in [6.45, 7) is 1.86. The van der Waals surface area contributed by atoms with E-state index in [1.165, 1.54) is 7.05 Å². The first-order valence-corrected chi connectivity index (χ1v) is 12.9. The van der Waals surface area contributed by atoms with Gasteiger partial charge in [-0.1, -0.05) is 77.5 Å². The molecule has 2 amide bonds. The Morgan fingerprint density at radius 3 is 2.38 bits per heavy atom. The molecule has 0 bridgehead atoms. The predicted octanol–water partition coefficient (Wildman–Crippen LogP) is 4.38. The maximum atomic E-state index is 12.8. The van der Waals surface area contributed by atoms with Crippen molar-refractivity contribution in [2.24, 2.45) is 7.05 Å². The van der Waals surface area contributed by atoms with Crippen LogP contribution in [-0.4, -0.2) is 20.9 Å². The van der Waals surface area contributed by atoms with Gasteiger partial charge in [-0.3, -0.25) is 23.5 Å². The van der Waals surface area contributed by atoms with Gasteiger partial charge in [-0.05, 0) is 49.2 Å². The number of nitrogens with one attached hydrogen (secondary N) is 2. The van der Waals surface area contributed by atoms with Gasteiger partial charge >= 0.3 is 5.69 Å². The van der Waals surface area contributed by atoms with Gasteiger partial charge < -0.3 is 10.6 Å². The first-order chi connectivity index (χ1) is 19.2. The van der Waals surface area contributed by atoms with Crippen LogP contribution in [0.2, 0.25) is 5.15 Å². The summed E-state index contributed by atoms with van der Waals surface area (Å²) in [5.41, 5.74) is 2.26. The fraction of sp³-hybridized carbons (Fsp3) is 0.161. The Labute approximate surface area is 236 Å². The number of hydrogen-bond acceptors (Lipinski definition) is 4. The Hall–Kier alpha value is -4.87. The molecule has 8 nitrogen and oxygen atoms in total. The van der Waals surface area contributed by atoms with Crippen molar-refractivity contribution in [1.29, 1.82) is 0 Å². The van der Waals surface area contributed by atoms with Crippen LogP contribution in [0.15, 0.2) is 88.5 Å². The molecule has 9 heteroatoms. The van der Waals surface area contributed by atoms with Crippen LogP contribution in [0.25, 0.3) is 0 Å². The lowest BCUT2D eigenvalue weighted by molar-refractivity contribution is -0.116. The number of hydrogen-bond donors (Lipinski definition) is 2. The number of carbonyl (C=O) groups excluding carboxylic acids is 2. The van der Waals surface area contributed by atoms with Gasteiger partial charge in [0, 0.05) is 30.3 Å². The Balaban J connectivity index is 1.48. The molecule has 1 heterocycles. The van der Waals surface area contributed by atoms with Gasteiger partial charge in [0.05, 0.1) is 6.54 Å². The molecule has 0 saturated carbocycles. The predicted molar refractivity (Wildman–Crippen MR) is 157 cm³/mol. The molecule has 3 aromatic carbocycles. The molecular formula is C31H27ClN4O4. The zero-order valence-corrected chi connectivity index (χ0v) is 22.8. The van der Waals surface area contributed by atoms with Crippen LogP contribution in [0.4, 0.5) is 11.4 Å². The zero-order chi connectivity index (χ0) is 28.6. The third-order valence-corrected chi connectivity index (χ3v) is 6.52. The molecule has 0 spiro atoms. The van der Waals surface area contributed by atoms with Crippen molar-refractivity contribution < 1.29 is 9.59 Å². The van der Waals surface area contributed by atoms with Crippen LogP contribution in [0.5, 0.6) is 0 Å². The summed E-state index contributed by atoms with van der Waals surface area (Å²) in [6.07, 6.45) is 0.624. The molecule has 0 fully saturated rings. The lowest BCUT2D eigenvalue weighted by atomic mass is 10.1. The van der Waals surface area contributed by atoms with Crippen molar-refractivity contribution in [1.82, 2.24) is 9.13 Å². The monoisotopic (exact) mass is 554 g/mol. The fourth-order valence-corrected chi connectivity index (χ4v) is 4.15. The third kappa shape index (κ3) is 6.95. The maximum absolute atomic E-state index is 12.8. The molecule has 4 aromatic rings. The van der Waals surface area contributed by atoms with Crippen LogP contribution in [0.3, 0.4) is 0 Å².